The summed E-state index contributed by atoms with van der Waals surface area (Å²) >= 11 is 4.29. The third kappa shape index (κ3) is 6.25. The molecule has 0 N–H and O–H groups in total. The zero-order valence-corrected chi connectivity index (χ0v) is 20.1. The molecule has 0 spiro atoms. The van der Waals surface area contributed by atoms with Crippen LogP contribution in [0.1, 0.15) is 46.6 Å². The molecule has 1 fully saturated rings. The van der Waals surface area contributed by atoms with Gasteiger partial charge in [0.25, 0.3) is 11.1 Å². The molecule has 2 rings (SSSR count). The van der Waals surface area contributed by atoms with Crippen LogP contribution in [0, 0.1) is 0 Å². The summed E-state index contributed by atoms with van der Waals surface area (Å²) in [7, 11) is 0. The van der Waals surface area contributed by atoms with Crippen LogP contribution in [-0.4, -0.2) is 47.4 Å². The molecule has 1 atom stereocenters. The average Bonchev–Trinajstić information content (AvgIpc) is 2.91. The molecule has 1 saturated heterocycles. The average molecular weight is 500 g/mol. The molecule has 0 aromatic heterocycles. The minimum atomic E-state index is -0.624. The van der Waals surface area contributed by atoms with Gasteiger partial charge in [-0.05, 0) is 85.6 Å². The number of rotatable bonds is 9. The molecule has 30 heavy (non-hydrogen) atoms. The van der Waals surface area contributed by atoms with E-state index in [1.165, 1.54) is 0 Å². The number of carbonyl (C=O) groups is 3. The highest BCUT2D eigenvalue weighted by molar-refractivity contribution is 9.10. The number of nitrogens with zero attached hydrogens (tertiary/aromatic N) is 1. The van der Waals surface area contributed by atoms with Crippen molar-refractivity contribution in [3.05, 3.63) is 27.1 Å². The molecule has 0 bridgehead atoms. The molecule has 1 aromatic rings. The Morgan fingerprint density at radius 3 is 2.53 bits per heavy atom. The van der Waals surface area contributed by atoms with E-state index >= 15 is 0 Å². The normalized spacial score (nSPS) is 16.4. The molecule has 0 radical (unpaired) electrons. The summed E-state index contributed by atoms with van der Waals surface area (Å²) in [5, 5.41) is -0.507. The van der Waals surface area contributed by atoms with E-state index in [0.717, 1.165) is 23.1 Å². The van der Waals surface area contributed by atoms with E-state index < -0.39 is 23.7 Å². The maximum Gasteiger partial charge on any atom is 0.326 e. The predicted octanol–water partition coefficient (Wildman–Crippen LogP) is 5.01. The number of thioether (sulfide) groups is 1. The number of halogens is 1. The van der Waals surface area contributed by atoms with Crippen LogP contribution in [0.15, 0.2) is 21.5 Å². The molecular formula is C21H26BrNO6S. The lowest BCUT2D eigenvalue weighted by Gasteiger charge is -2.18. The summed E-state index contributed by atoms with van der Waals surface area (Å²) in [6, 6.07) is 3.55. The van der Waals surface area contributed by atoms with E-state index in [1.807, 2.05) is 20.8 Å². The summed E-state index contributed by atoms with van der Waals surface area (Å²) in [5.74, 6) is -0.0211. The summed E-state index contributed by atoms with van der Waals surface area (Å²) in [4.78, 5) is 37.8. The first kappa shape index (κ1) is 24.3. The second-order valence-corrected chi connectivity index (χ2v) is 8.75. The fraction of sp³-hybridized carbons (Fsp3) is 0.476. The van der Waals surface area contributed by atoms with Crippen LogP contribution in [0.25, 0.3) is 6.08 Å². The van der Waals surface area contributed by atoms with Crippen LogP contribution < -0.4 is 9.47 Å². The second kappa shape index (κ2) is 10.9. The van der Waals surface area contributed by atoms with Crippen LogP contribution in [0.2, 0.25) is 0 Å². The number of amides is 2. The van der Waals surface area contributed by atoms with Crippen molar-refractivity contribution in [3.63, 3.8) is 0 Å². The smallest absolute Gasteiger partial charge is 0.326 e. The van der Waals surface area contributed by atoms with Gasteiger partial charge in [-0.1, -0.05) is 6.92 Å². The number of hydrogen-bond acceptors (Lipinski definition) is 7. The molecule has 2 amide bonds. The summed E-state index contributed by atoms with van der Waals surface area (Å²) in [5.41, 5.74) is 0.664. The van der Waals surface area contributed by atoms with Gasteiger partial charge in [0.05, 0.1) is 28.2 Å². The van der Waals surface area contributed by atoms with Crippen molar-refractivity contribution in [2.45, 2.75) is 53.2 Å². The number of ether oxygens (including phenoxy) is 3. The Bertz CT molecular complexity index is 854. The Morgan fingerprint density at radius 1 is 1.23 bits per heavy atom. The third-order valence-electron chi connectivity index (χ3n) is 4.05. The number of imide groups is 1. The van der Waals surface area contributed by atoms with E-state index in [-0.39, 0.29) is 17.1 Å². The Balaban J connectivity index is 2.28. The van der Waals surface area contributed by atoms with Gasteiger partial charge in [-0.3, -0.25) is 19.3 Å². The highest BCUT2D eigenvalue weighted by Crippen LogP contribution is 2.40. The first-order valence-electron chi connectivity index (χ1n) is 9.74. The van der Waals surface area contributed by atoms with E-state index in [1.54, 1.807) is 32.1 Å². The molecule has 0 saturated carbocycles. The molecular weight excluding hydrogens is 474 g/mol. The van der Waals surface area contributed by atoms with Gasteiger partial charge in [0.1, 0.15) is 6.54 Å². The van der Waals surface area contributed by atoms with Crippen molar-refractivity contribution in [2.75, 3.05) is 13.2 Å². The number of hydrogen-bond donors (Lipinski definition) is 0. The van der Waals surface area contributed by atoms with E-state index in [4.69, 9.17) is 14.2 Å². The van der Waals surface area contributed by atoms with Crippen molar-refractivity contribution in [1.82, 2.24) is 4.90 Å². The van der Waals surface area contributed by atoms with Gasteiger partial charge in [-0.2, -0.15) is 0 Å². The van der Waals surface area contributed by atoms with Crippen molar-refractivity contribution >= 4 is 50.9 Å². The highest BCUT2D eigenvalue weighted by atomic mass is 79.9. The standard InChI is InChI=1S/C21H26BrNO6S/c1-6-13(5)29-19-15(22)8-14(9-16(19)27-7-2)10-17-20(25)23(21(26)30-17)11-18(24)28-12(3)4/h8-10,12-13H,6-7,11H2,1-5H3/b17-10+/t13-/m1/s1. The monoisotopic (exact) mass is 499 g/mol. The number of esters is 1. The van der Waals surface area contributed by atoms with Crippen LogP contribution in [-0.2, 0) is 14.3 Å². The summed E-state index contributed by atoms with van der Waals surface area (Å²) < 4.78 is 17.4. The molecule has 9 heteroatoms. The lowest BCUT2D eigenvalue weighted by molar-refractivity contribution is -0.149. The Hall–Kier alpha value is -2.00. The Labute approximate surface area is 189 Å². The minimum Gasteiger partial charge on any atom is -0.490 e. The molecule has 0 unspecified atom stereocenters. The highest BCUT2D eigenvalue weighted by Gasteiger charge is 2.36. The summed E-state index contributed by atoms with van der Waals surface area (Å²) in [6.45, 7) is 9.31. The van der Waals surface area contributed by atoms with Gasteiger partial charge in [-0.15, -0.1) is 0 Å². The van der Waals surface area contributed by atoms with Crippen LogP contribution in [0.4, 0.5) is 4.79 Å². The van der Waals surface area contributed by atoms with Crippen LogP contribution >= 0.6 is 27.7 Å². The van der Waals surface area contributed by atoms with Crippen molar-refractivity contribution in [3.8, 4) is 11.5 Å². The zero-order chi connectivity index (χ0) is 22.4. The SMILES string of the molecule is CCOc1cc(/C=C2/SC(=O)N(CC(=O)OC(C)C)C2=O)cc(Br)c1O[C@H](C)CC. The molecule has 1 aliphatic heterocycles. The van der Waals surface area contributed by atoms with Gasteiger partial charge in [0, 0.05) is 0 Å². The first-order chi connectivity index (χ1) is 14.2. The minimum absolute atomic E-state index is 0.00782. The van der Waals surface area contributed by atoms with E-state index in [0.29, 0.717) is 28.1 Å². The molecule has 1 aliphatic rings. The largest absolute Gasteiger partial charge is 0.490 e. The topological polar surface area (TPSA) is 82.1 Å². The Kier molecular flexibility index (Phi) is 8.78. The van der Waals surface area contributed by atoms with Crippen LogP contribution in [0.5, 0.6) is 11.5 Å². The number of benzene rings is 1. The zero-order valence-electron chi connectivity index (χ0n) is 17.7. The van der Waals surface area contributed by atoms with Crippen molar-refractivity contribution in [2.24, 2.45) is 0 Å². The maximum absolute atomic E-state index is 12.6. The van der Waals surface area contributed by atoms with Gasteiger partial charge < -0.3 is 14.2 Å². The maximum atomic E-state index is 12.6. The Morgan fingerprint density at radius 2 is 1.93 bits per heavy atom. The van der Waals surface area contributed by atoms with Crippen molar-refractivity contribution < 1.29 is 28.6 Å². The van der Waals surface area contributed by atoms with Crippen molar-refractivity contribution in [1.29, 1.82) is 0 Å². The molecule has 164 valence electrons. The van der Waals surface area contributed by atoms with Gasteiger partial charge in [0.2, 0.25) is 0 Å². The molecule has 7 nitrogen and oxygen atoms in total. The predicted molar refractivity (Wildman–Crippen MR) is 120 cm³/mol. The quantitative estimate of drug-likeness (QED) is 0.348. The van der Waals surface area contributed by atoms with Gasteiger partial charge in [-0.25, -0.2) is 0 Å². The first-order valence-corrected chi connectivity index (χ1v) is 11.3. The fourth-order valence-corrected chi connectivity index (χ4v) is 3.94. The van der Waals surface area contributed by atoms with Gasteiger partial charge in [0.15, 0.2) is 11.5 Å². The third-order valence-corrected chi connectivity index (χ3v) is 5.55. The molecule has 1 heterocycles. The fourth-order valence-electron chi connectivity index (χ4n) is 2.55. The molecule has 0 aliphatic carbocycles. The second-order valence-electron chi connectivity index (χ2n) is 6.91. The van der Waals surface area contributed by atoms with E-state index in [2.05, 4.69) is 15.9 Å². The van der Waals surface area contributed by atoms with Crippen LogP contribution in [0.3, 0.4) is 0 Å². The number of carbonyl (C=O) groups excluding carboxylic acids is 3. The molecule has 1 aromatic carbocycles. The lowest BCUT2D eigenvalue weighted by Crippen LogP contribution is -2.35. The van der Waals surface area contributed by atoms with E-state index in [9.17, 15) is 14.4 Å². The summed E-state index contributed by atoms with van der Waals surface area (Å²) in [6.07, 6.45) is 2.12. The lowest BCUT2D eigenvalue weighted by atomic mass is 10.1. The van der Waals surface area contributed by atoms with Gasteiger partial charge >= 0.3 is 5.97 Å².